The van der Waals surface area contributed by atoms with Gasteiger partial charge in [-0.3, -0.25) is 61.1 Å². The molecule has 4 rings (SSSR count). The number of hydrogen-bond donors (Lipinski definition) is 3. The van der Waals surface area contributed by atoms with Crippen LogP contribution in [0.1, 0.15) is 61.1 Å². The van der Waals surface area contributed by atoms with Gasteiger partial charge in [-0.25, -0.2) is 14.5 Å². The zero-order valence-corrected chi connectivity index (χ0v) is 34.0. The monoisotopic (exact) mass is 906 g/mol. The van der Waals surface area contributed by atoms with Crippen LogP contribution in [0, 0.1) is 11.9 Å². The zero-order chi connectivity index (χ0) is 46.6. The number of aromatic nitrogens is 4. The Morgan fingerprint density at radius 2 is 1.06 bits per heavy atom. The van der Waals surface area contributed by atoms with Crippen LogP contribution in [0.3, 0.4) is 0 Å². The summed E-state index contributed by atoms with van der Waals surface area (Å²) in [6.45, 7) is 9.35. The van der Waals surface area contributed by atoms with Crippen LogP contribution in [-0.2, 0) is 65.7 Å². The summed E-state index contributed by atoms with van der Waals surface area (Å²) in [6, 6.07) is 0. The number of ether oxygens (including phenoxy) is 6. The van der Waals surface area contributed by atoms with Gasteiger partial charge in [0, 0.05) is 27.7 Å². The molecule has 0 aliphatic carbocycles. The number of hydrogen-bond acceptors (Lipinski definition) is 21. The summed E-state index contributed by atoms with van der Waals surface area (Å²) in [7, 11) is -4.21. The van der Waals surface area contributed by atoms with Gasteiger partial charge in [-0.2, -0.15) is 8.78 Å². The van der Waals surface area contributed by atoms with Crippen LogP contribution in [-0.4, -0.2) is 123 Å². The summed E-state index contributed by atoms with van der Waals surface area (Å²) in [6.07, 6.45) is -7.54. The molecule has 0 saturated carbocycles. The van der Waals surface area contributed by atoms with Crippen LogP contribution in [0.5, 0.6) is 0 Å². The summed E-state index contributed by atoms with van der Waals surface area (Å²) in [5.74, 6) is -8.40. The topological polar surface area (TPSA) is 345 Å². The van der Waals surface area contributed by atoms with E-state index in [0.717, 1.165) is 27.7 Å². The molecular weight excluding hydrogens is 865 g/mol. The van der Waals surface area contributed by atoms with Gasteiger partial charge in [-0.15, -0.1) is 13.2 Å². The predicted octanol–water partition coefficient (Wildman–Crippen LogP) is -0.994. The third-order valence-corrected chi connectivity index (χ3v) is 9.27. The summed E-state index contributed by atoms with van der Waals surface area (Å²) in [5, 5.41) is 9.43. The molecule has 2 aliphatic rings. The number of carbonyl (C=O) groups excluding carboxylic acids is 6. The highest BCUT2D eigenvalue weighted by Gasteiger charge is 2.52. The highest BCUT2D eigenvalue weighted by atomic mass is 31.2. The fourth-order valence-electron chi connectivity index (χ4n) is 5.67. The van der Waals surface area contributed by atoms with Crippen LogP contribution < -0.4 is 22.6 Å². The molecule has 0 spiro atoms. The van der Waals surface area contributed by atoms with E-state index in [-0.39, 0.29) is 13.2 Å². The average Bonchev–Trinajstić information content (AvgIpc) is 3.68. The molecule has 25 nitrogen and oxygen atoms in total. The Morgan fingerprint density at radius 1 is 0.710 bits per heavy atom. The molecule has 4 heterocycles. The number of rotatable bonds is 18. The lowest BCUT2D eigenvalue weighted by Crippen LogP contribution is -2.42. The van der Waals surface area contributed by atoms with Gasteiger partial charge in [0.25, 0.3) is 22.9 Å². The Kier molecular flexibility index (Phi) is 17.9. The smallest absolute Gasteiger partial charge is 0.456 e. The minimum absolute atomic E-state index is 0.215. The van der Waals surface area contributed by atoms with E-state index in [1.54, 1.807) is 0 Å². The van der Waals surface area contributed by atoms with Crippen molar-refractivity contribution in [2.75, 3.05) is 26.4 Å². The number of phosphoric ester groups is 1. The first-order valence-corrected chi connectivity index (χ1v) is 19.1. The van der Waals surface area contributed by atoms with E-state index in [1.807, 2.05) is 0 Å². The van der Waals surface area contributed by atoms with E-state index in [2.05, 4.69) is 23.1 Å². The number of halogens is 2. The highest BCUT2D eigenvalue weighted by molar-refractivity contribution is 7.48. The van der Waals surface area contributed by atoms with Crippen molar-refractivity contribution in [3.8, 4) is 0 Å². The molecule has 0 aromatic carbocycles. The molecule has 2 amide bonds. The Morgan fingerprint density at radius 3 is 1.40 bits per heavy atom. The summed E-state index contributed by atoms with van der Waals surface area (Å²) in [4.78, 5) is 100. The lowest BCUT2D eigenvalue weighted by Gasteiger charge is -2.24. The van der Waals surface area contributed by atoms with Crippen LogP contribution in [0.15, 0.2) is 47.3 Å². The number of primary amides is 2. The highest BCUT2D eigenvalue weighted by Crippen LogP contribution is 2.50. The molecule has 0 bridgehead atoms. The molecule has 340 valence electrons. The second-order valence-electron chi connectivity index (χ2n) is 12.5. The molecule has 2 aliphatic heterocycles. The number of phosphoric acid groups is 1. The van der Waals surface area contributed by atoms with Crippen LogP contribution in [0.25, 0.3) is 0 Å². The molecule has 62 heavy (non-hydrogen) atoms. The number of aliphatic hydroxyl groups excluding tert-OH is 1. The van der Waals surface area contributed by atoms with Crippen molar-refractivity contribution in [2.24, 2.45) is 11.5 Å². The Balaban J connectivity index is 0.000000348. The number of carbonyl (C=O) groups is 6. The average molecular weight is 907 g/mol. The fourth-order valence-corrected chi connectivity index (χ4v) is 6.80. The van der Waals surface area contributed by atoms with Gasteiger partial charge < -0.3 is 45.0 Å². The third kappa shape index (κ3) is 13.0. The number of nitrogens with zero attached hydrogens (tertiary/aromatic N) is 4. The molecule has 8 atom stereocenters. The largest absolute Gasteiger partial charge is 0.475 e. The Labute approximate surface area is 348 Å². The molecule has 2 aromatic heterocycles. The molecule has 0 unspecified atom stereocenters. The first-order valence-electron chi connectivity index (χ1n) is 17.6. The van der Waals surface area contributed by atoms with Crippen molar-refractivity contribution in [3.63, 3.8) is 0 Å². The zero-order valence-electron chi connectivity index (χ0n) is 33.1. The molecule has 2 aromatic rings. The SMILES string of the molecule is C=CCOP(=O)(OCC=C)OC[C@H]1O[C@@H](n2cc(F)nc(C(N)=O)c2=O)[C@H](OC(C)=O)[C@@H]1OC(C)=O.CC(=O)O[C@@H]1[C@H](OC(C)=O)[C@@H](CO)O[C@H]1n1cc(F)nc(C(N)=O)c1=O. The van der Waals surface area contributed by atoms with E-state index in [0.29, 0.717) is 21.5 Å². The van der Waals surface area contributed by atoms with E-state index in [1.165, 1.54) is 12.2 Å². The van der Waals surface area contributed by atoms with Crippen LogP contribution in [0.2, 0.25) is 0 Å². The molecule has 0 radical (unpaired) electrons. The van der Waals surface area contributed by atoms with Gasteiger partial charge in [0.1, 0.15) is 12.2 Å². The van der Waals surface area contributed by atoms with Crippen molar-refractivity contribution in [1.82, 2.24) is 19.1 Å². The molecule has 5 N–H and O–H groups in total. The van der Waals surface area contributed by atoms with Crippen molar-refractivity contribution in [3.05, 3.63) is 81.7 Å². The normalized spacial score (nSPS) is 23.0. The number of aliphatic hydroxyl groups is 1. The summed E-state index contributed by atoms with van der Waals surface area (Å²) < 4.78 is 88.9. The first kappa shape index (κ1) is 50.3. The van der Waals surface area contributed by atoms with Crippen molar-refractivity contribution < 1.29 is 89.2 Å². The van der Waals surface area contributed by atoms with E-state index >= 15 is 0 Å². The lowest BCUT2D eigenvalue weighted by molar-refractivity contribution is -0.165. The maximum Gasteiger partial charge on any atom is 0.475 e. The van der Waals surface area contributed by atoms with E-state index < -0.39 is 140 Å². The Bertz CT molecular complexity index is 2210. The van der Waals surface area contributed by atoms with Gasteiger partial charge >= 0.3 is 31.7 Å². The van der Waals surface area contributed by atoms with E-state index in [4.69, 9.17) is 53.5 Å². The van der Waals surface area contributed by atoms with Crippen molar-refractivity contribution >= 4 is 43.5 Å². The maximum atomic E-state index is 14.1. The van der Waals surface area contributed by atoms with Gasteiger partial charge in [-0.1, -0.05) is 12.2 Å². The van der Waals surface area contributed by atoms with E-state index in [9.17, 15) is 56.8 Å². The first-order chi connectivity index (χ1) is 29.1. The summed E-state index contributed by atoms with van der Waals surface area (Å²) >= 11 is 0. The molecule has 28 heteroatoms. The molecule has 2 fully saturated rings. The lowest BCUT2D eigenvalue weighted by atomic mass is 10.1. The van der Waals surface area contributed by atoms with Gasteiger partial charge in [0.2, 0.25) is 11.9 Å². The number of esters is 4. The van der Waals surface area contributed by atoms with Gasteiger partial charge in [0.05, 0.1) is 38.8 Å². The fraction of sp³-hybridized carbons (Fsp3) is 0.471. The second-order valence-corrected chi connectivity index (χ2v) is 14.2. The van der Waals surface area contributed by atoms with Crippen LogP contribution >= 0.6 is 7.82 Å². The van der Waals surface area contributed by atoms with Gasteiger partial charge in [-0.05, 0) is 0 Å². The third-order valence-electron chi connectivity index (χ3n) is 7.87. The number of nitrogens with two attached hydrogens (primary N) is 2. The quantitative estimate of drug-likeness (QED) is 0.0699. The standard InChI is InChI=1S/C20H25FN3O11P.C14H16FN3O8/c1-5-7-30-36(29,31-8-6-2)32-10-13-16(33-11(3)25)17(34-12(4)26)20(35-13)24-9-14(21)23-15(18(22)27)19(24)28;1-5(20)24-10-7(4-19)26-14(11(10)25-6(2)21)18-3-8(15)17-9(12(16)22)13(18)23/h5-6,9,13,16-17,20H,1-2,7-8,10H2,3-4H3,(H2,22,27);3,7,10-11,14,19H,4H2,1-2H3,(H2,16,22)/t13-,16-,17-,20-;7-,10-,11-,14-/m11/s1. The minimum Gasteiger partial charge on any atom is -0.456 e. The van der Waals surface area contributed by atoms with Gasteiger partial charge in [0.15, 0.2) is 48.3 Å². The number of amides is 2. The molecule has 2 saturated heterocycles. The predicted molar refractivity (Wildman–Crippen MR) is 197 cm³/mol. The van der Waals surface area contributed by atoms with Crippen molar-refractivity contribution in [2.45, 2.75) is 76.8 Å². The maximum absolute atomic E-state index is 14.1. The summed E-state index contributed by atoms with van der Waals surface area (Å²) in [5.41, 5.74) is 5.95. The molecular formula is C34H41F2N6O19P. The Hall–Kier alpha value is -6.09. The minimum atomic E-state index is -4.21. The van der Waals surface area contributed by atoms with Crippen molar-refractivity contribution in [1.29, 1.82) is 0 Å². The van der Waals surface area contributed by atoms with Crippen LogP contribution in [0.4, 0.5) is 8.78 Å². The second kappa shape index (κ2) is 22.1.